The van der Waals surface area contributed by atoms with Crippen molar-refractivity contribution < 1.29 is 8.42 Å². The number of sulfone groups is 1. The molecule has 1 aromatic carbocycles. The lowest BCUT2D eigenvalue weighted by Crippen LogP contribution is -2.28. The average molecular weight is 351 g/mol. The van der Waals surface area contributed by atoms with Gasteiger partial charge in [0.05, 0.1) is 0 Å². The summed E-state index contributed by atoms with van der Waals surface area (Å²) in [6, 6.07) is 8.88. The van der Waals surface area contributed by atoms with Gasteiger partial charge in [0.15, 0.2) is 0 Å². The van der Waals surface area contributed by atoms with Crippen LogP contribution in [0.2, 0.25) is 0 Å². The monoisotopic (exact) mass is 351 g/mol. The van der Waals surface area contributed by atoms with E-state index < -0.39 is 9.84 Å². The van der Waals surface area contributed by atoms with Crippen molar-refractivity contribution in [2.45, 2.75) is 37.4 Å². The molecule has 0 amide bonds. The third kappa shape index (κ3) is 3.97. The van der Waals surface area contributed by atoms with Crippen LogP contribution in [0.3, 0.4) is 0 Å². The molecule has 1 saturated heterocycles. The molecule has 1 aliphatic heterocycles. The first-order valence-electron chi connectivity index (χ1n) is 7.80. The van der Waals surface area contributed by atoms with Gasteiger partial charge in [-0.3, -0.25) is 0 Å². The van der Waals surface area contributed by atoms with Crippen molar-refractivity contribution in [2.24, 2.45) is 0 Å². The molecule has 0 spiro atoms. The second-order valence-corrected chi connectivity index (χ2v) is 8.79. The summed E-state index contributed by atoms with van der Waals surface area (Å²) in [4.78, 5) is 6.65. The molecular formula is C16H21N3O2S2. The Balaban J connectivity index is 1.66. The van der Waals surface area contributed by atoms with Crippen molar-refractivity contribution in [3.8, 4) is 10.6 Å². The van der Waals surface area contributed by atoms with Crippen molar-refractivity contribution >= 4 is 21.4 Å². The lowest BCUT2D eigenvalue weighted by atomic mass is 10.1. The number of likely N-dealkylation sites (tertiary alicyclic amines) is 1. The van der Waals surface area contributed by atoms with Gasteiger partial charge < -0.3 is 4.90 Å². The van der Waals surface area contributed by atoms with E-state index in [1.165, 1.54) is 24.9 Å². The van der Waals surface area contributed by atoms with Crippen LogP contribution in [0.25, 0.3) is 10.6 Å². The Labute approximate surface area is 141 Å². The Morgan fingerprint density at radius 2 is 2.04 bits per heavy atom. The van der Waals surface area contributed by atoms with Gasteiger partial charge >= 0.3 is 0 Å². The quantitative estimate of drug-likeness (QED) is 0.829. The Kier molecular flexibility index (Phi) is 4.79. The highest BCUT2D eigenvalue weighted by Crippen LogP contribution is 2.24. The Morgan fingerprint density at radius 1 is 1.30 bits per heavy atom. The minimum absolute atomic E-state index is 0.0930. The van der Waals surface area contributed by atoms with E-state index in [0.717, 1.165) is 36.3 Å². The number of nitrogens with zero attached hydrogens (tertiary/aromatic N) is 3. The molecule has 0 saturated carbocycles. The molecule has 0 unspecified atom stereocenters. The van der Waals surface area contributed by atoms with Crippen LogP contribution in [0.4, 0.5) is 0 Å². The number of aromatic nitrogens is 2. The Bertz CT molecular complexity index is 769. The molecule has 1 aliphatic rings. The fourth-order valence-corrected chi connectivity index (χ4v) is 4.43. The zero-order valence-electron chi connectivity index (χ0n) is 13.4. The summed E-state index contributed by atoms with van der Waals surface area (Å²) < 4.78 is 26.8. The first kappa shape index (κ1) is 16.5. The van der Waals surface area contributed by atoms with Gasteiger partial charge in [-0.1, -0.05) is 24.3 Å². The molecule has 1 atom stereocenters. The summed E-state index contributed by atoms with van der Waals surface area (Å²) in [6.45, 7) is 4.60. The molecule has 0 bridgehead atoms. The largest absolute Gasteiger partial charge is 0.300 e. The second kappa shape index (κ2) is 6.67. The van der Waals surface area contributed by atoms with Crippen LogP contribution in [0.5, 0.6) is 0 Å². The number of hydrogen-bond donors (Lipinski definition) is 0. The van der Waals surface area contributed by atoms with E-state index in [2.05, 4.69) is 33.3 Å². The lowest BCUT2D eigenvalue weighted by Gasteiger charge is -2.20. The van der Waals surface area contributed by atoms with Gasteiger partial charge in [-0.25, -0.2) is 13.4 Å². The molecule has 0 aliphatic carbocycles. The molecule has 0 radical (unpaired) electrons. The van der Waals surface area contributed by atoms with Crippen molar-refractivity contribution in [3.63, 3.8) is 0 Å². The van der Waals surface area contributed by atoms with Gasteiger partial charge in [-0.15, -0.1) is 0 Å². The summed E-state index contributed by atoms with van der Waals surface area (Å²) in [6.07, 6.45) is 4.77. The zero-order chi connectivity index (χ0) is 16.4. The third-order valence-electron chi connectivity index (χ3n) is 4.32. The van der Waals surface area contributed by atoms with Crippen LogP contribution in [0.1, 0.15) is 25.3 Å². The second-order valence-electron chi connectivity index (χ2n) is 6.13. The molecule has 3 rings (SSSR count). The molecule has 0 N–H and O–H groups in total. The molecule has 2 heterocycles. The standard InChI is InChI=1S/C16H21N3O2S2/c1-12-4-3-10-19(12)11-9-13-5-7-14(8-6-13)15-17-16(18-22-15)23(2,20)21/h5-8,12H,3-4,9-11H2,1-2H3/t12-/m1/s1. The van der Waals surface area contributed by atoms with E-state index in [4.69, 9.17) is 0 Å². The van der Waals surface area contributed by atoms with Gasteiger partial charge in [-0.2, -0.15) is 4.37 Å². The maximum Gasteiger partial charge on any atom is 0.259 e. The van der Waals surface area contributed by atoms with Crippen LogP contribution >= 0.6 is 11.5 Å². The highest BCUT2D eigenvalue weighted by atomic mass is 32.2. The minimum atomic E-state index is -3.34. The van der Waals surface area contributed by atoms with E-state index in [-0.39, 0.29) is 5.16 Å². The zero-order valence-corrected chi connectivity index (χ0v) is 15.0. The lowest BCUT2D eigenvalue weighted by molar-refractivity contribution is 0.272. The third-order valence-corrected chi connectivity index (χ3v) is 6.04. The topological polar surface area (TPSA) is 63.2 Å². The first-order chi connectivity index (χ1) is 10.9. The first-order valence-corrected chi connectivity index (χ1v) is 10.5. The molecule has 2 aromatic rings. The van der Waals surface area contributed by atoms with Crippen LogP contribution in [0.15, 0.2) is 29.4 Å². The molecule has 124 valence electrons. The number of hydrogen-bond acceptors (Lipinski definition) is 6. The molecular weight excluding hydrogens is 330 g/mol. The molecule has 1 fully saturated rings. The van der Waals surface area contributed by atoms with Crippen molar-refractivity contribution in [1.82, 2.24) is 14.3 Å². The maximum atomic E-state index is 11.4. The van der Waals surface area contributed by atoms with Crippen LogP contribution in [-0.2, 0) is 16.3 Å². The van der Waals surface area contributed by atoms with E-state index in [1.807, 2.05) is 12.1 Å². The summed E-state index contributed by atoms with van der Waals surface area (Å²) >= 11 is 1.12. The van der Waals surface area contributed by atoms with Gasteiger partial charge in [0.25, 0.3) is 5.16 Å². The predicted molar refractivity (Wildman–Crippen MR) is 92.4 cm³/mol. The SMILES string of the molecule is C[C@@H]1CCCN1CCc1ccc(-c2nc(S(C)(=O)=O)ns2)cc1. The number of benzene rings is 1. The van der Waals surface area contributed by atoms with Gasteiger partial charge in [0.2, 0.25) is 9.84 Å². The highest BCUT2D eigenvalue weighted by Gasteiger charge is 2.19. The Morgan fingerprint density at radius 3 is 2.61 bits per heavy atom. The number of rotatable bonds is 5. The molecule has 23 heavy (non-hydrogen) atoms. The van der Waals surface area contributed by atoms with E-state index in [1.54, 1.807) is 0 Å². The van der Waals surface area contributed by atoms with E-state index >= 15 is 0 Å². The van der Waals surface area contributed by atoms with Gasteiger partial charge in [0.1, 0.15) is 5.01 Å². The average Bonchev–Trinajstić information content (AvgIpc) is 3.14. The minimum Gasteiger partial charge on any atom is -0.300 e. The molecule has 1 aromatic heterocycles. The van der Waals surface area contributed by atoms with Crippen LogP contribution < -0.4 is 0 Å². The summed E-state index contributed by atoms with van der Waals surface area (Å²) in [5.74, 6) is 0. The molecule has 5 nitrogen and oxygen atoms in total. The van der Waals surface area contributed by atoms with E-state index in [9.17, 15) is 8.42 Å². The van der Waals surface area contributed by atoms with Crippen LogP contribution in [-0.4, -0.2) is 48.1 Å². The smallest absolute Gasteiger partial charge is 0.259 e. The Hall–Kier alpha value is -1.31. The van der Waals surface area contributed by atoms with E-state index in [0.29, 0.717) is 11.0 Å². The van der Waals surface area contributed by atoms with Crippen molar-refractivity contribution in [2.75, 3.05) is 19.3 Å². The predicted octanol–water partition coefficient (Wildman–Crippen LogP) is 2.64. The van der Waals surface area contributed by atoms with Crippen molar-refractivity contribution in [1.29, 1.82) is 0 Å². The summed E-state index contributed by atoms with van der Waals surface area (Å²) in [5, 5.41) is 0.551. The summed E-state index contributed by atoms with van der Waals surface area (Å²) in [5.41, 5.74) is 2.20. The van der Waals surface area contributed by atoms with Crippen molar-refractivity contribution in [3.05, 3.63) is 29.8 Å². The van der Waals surface area contributed by atoms with Crippen LogP contribution in [0, 0.1) is 0 Å². The molecule has 7 heteroatoms. The maximum absolute atomic E-state index is 11.4. The fraction of sp³-hybridized carbons (Fsp3) is 0.500. The highest BCUT2D eigenvalue weighted by molar-refractivity contribution is 7.90. The summed E-state index contributed by atoms with van der Waals surface area (Å²) in [7, 11) is -3.34. The normalized spacial score (nSPS) is 19.3. The van der Waals surface area contributed by atoms with Gasteiger partial charge in [0, 0.05) is 24.4 Å². The van der Waals surface area contributed by atoms with Gasteiger partial charge in [-0.05, 0) is 49.8 Å². The fourth-order valence-electron chi connectivity index (χ4n) is 2.89.